The van der Waals surface area contributed by atoms with E-state index >= 15 is 0 Å². The number of benzene rings is 12. The average Bonchev–Trinajstić information content (AvgIpc) is 3.43. The second-order valence-electron chi connectivity index (χ2n) is 19.7. The van der Waals surface area contributed by atoms with Crippen molar-refractivity contribution < 1.29 is 0 Å². The molecule has 12 rings (SSSR count). The molecule has 0 spiro atoms. The topological polar surface area (TPSA) is 3.24 Å². The van der Waals surface area contributed by atoms with E-state index in [9.17, 15) is 0 Å². The van der Waals surface area contributed by atoms with Crippen molar-refractivity contribution in [1.82, 2.24) is 0 Å². The first kappa shape index (κ1) is 44.0. The number of nitrogens with zero attached hydrogens (tertiary/aromatic N) is 1. The Bertz CT molecular complexity index is 3700. The van der Waals surface area contributed by atoms with Crippen molar-refractivity contribution in [2.45, 2.75) is 17.3 Å². The molecule has 0 aromatic heterocycles. The summed E-state index contributed by atoms with van der Waals surface area (Å²) in [5.74, 6) is 7.41. The van der Waals surface area contributed by atoms with Crippen LogP contribution in [0.2, 0.25) is 17.3 Å². The van der Waals surface area contributed by atoms with Gasteiger partial charge in [-0.05, 0) is 90.3 Å². The summed E-state index contributed by atoms with van der Waals surface area (Å²) in [6, 6.07) is 98.3. The van der Waals surface area contributed by atoms with Crippen molar-refractivity contribution in [2.24, 2.45) is 0 Å². The van der Waals surface area contributed by atoms with Crippen molar-refractivity contribution in [3.05, 3.63) is 267 Å². The van der Waals surface area contributed by atoms with Crippen LogP contribution in [0, 0.1) is 0 Å². The Kier molecular flexibility index (Phi) is 11.5. The zero-order valence-electron chi connectivity index (χ0n) is 40.4. The molecule has 0 aliphatic carbocycles. The molecule has 0 N–H and O–H groups in total. The van der Waals surface area contributed by atoms with E-state index in [1.54, 1.807) is 0 Å². The van der Waals surface area contributed by atoms with Gasteiger partial charge in [0.05, 0.1) is 0 Å². The molecule has 0 aliphatic heterocycles. The van der Waals surface area contributed by atoms with Crippen molar-refractivity contribution in [1.29, 1.82) is 0 Å². The van der Waals surface area contributed by atoms with Gasteiger partial charge in [0.2, 0.25) is 0 Å². The molecule has 71 heavy (non-hydrogen) atoms. The maximum absolute atomic E-state index is 2.47. The van der Waals surface area contributed by atoms with E-state index in [1.807, 2.05) is 0 Å². The van der Waals surface area contributed by atoms with Crippen LogP contribution in [0.4, 0.5) is 17.1 Å². The molecule has 0 amide bonds. The summed E-state index contributed by atoms with van der Waals surface area (Å²) in [5, 5.41) is 7.54. The Morgan fingerprint density at radius 3 is 0.775 bits per heavy atom. The minimum atomic E-state index is -2.02. The molecule has 12 aromatic carbocycles. The third kappa shape index (κ3) is 8.43. The molecule has 0 heterocycles. The second-order valence-corrected chi connectivity index (χ2v) is 30.3. The molecule has 0 radical (unpaired) electrons. The molecule has 0 atom stereocenters. The van der Waals surface area contributed by atoms with E-state index in [0.717, 1.165) is 17.1 Å². The van der Waals surface area contributed by atoms with Gasteiger partial charge in [-0.1, -0.05) is 158 Å². The molecule has 0 aliphatic rings. The predicted octanol–water partition coefficient (Wildman–Crippen LogP) is 19.2. The molecule has 0 fully saturated rings. The van der Waals surface area contributed by atoms with Gasteiger partial charge >= 0.3 is 163 Å². The van der Waals surface area contributed by atoms with Crippen molar-refractivity contribution in [3.8, 4) is 66.8 Å². The summed E-state index contributed by atoms with van der Waals surface area (Å²) >= 11 is -2.02. The van der Waals surface area contributed by atoms with E-state index in [0.29, 0.717) is 0 Å². The van der Waals surface area contributed by atoms with E-state index in [4.69, 9.17) is 0 Å². The summed E-state index contributed by atoms with van der Waals surface area (Å²) in [6.07, 6.45) is 0. The second kappa shape index (κ2) is 18.6. The molecule has 0 bridgehead atoms. The number of fused-ring (bicyclic) bond motifs is 3. The fraction of sp³-hybridized carbons (Fsp3) is 0.0435. The van der Waals surface area contributed by atoms with Crippen LogP contribution < -0.4 is 9.30 Å². The fourth-order valence-corrected chi connectivity index (χ4v) is 13.1. The standard InChI is InChI=1S/C69H53GeN/c1-70(2,3)54-22-16-21-53(47-54)63-46-45-62(68-27-14-15-28-69(63)68)52-33-39-57(40-34-52)71(55-35-29-50(30-36-55)60-43-41-58(48-17-6-4-7-18-48)64-23-10-12-25-66(60)64)56-37-31-51(32-38-56)61-44-42-59(49-19-8-5-9-20-49)65-24-11-13-26-67(61)65/h4-47H,1-3H3. The van der Waals surface area contributed by atoms with E-state index < -0.39 is 13.3 Å². The molecule has 1 nitrogen and oxygen atoms in total. The van der Waals surface area contributed by atoms with Gasteiger partial charge in [0.25, 0.3) is 0 Å². The first-order valence-electron chi connectivity index (χ1n) is 24.7. The number of rotatable bonds is 10. The monoisotopic (exact) mass is 969 g/mol. The van der Waals surface area contributed by atoms with E-state index in [-0.39, 0.29) is 0 Å². The van der Waals surface area contributed by atoms with Crippen LogP contribution in [-0.2, 0) is 0 Å². The first-order chi connectivity index (χ1) is 34.9. The SMILES string of the molecule is [CH3][Ge]([CH3])([CH3])[c]1cccc(-c2ccc(-c3ccc(N(c4ccc(-c5ccc(-c6ccccc6)c6ccccc56)cc4)c4ccc(-c5ccc(-c6ccccc6)c6ccccc56)cc4)cc3)c3ccccc23)c1. The quantitative estimate of drug-likeness (QED) is 0.123. The molecule has 2 heteroatoms. The molecule has 0 unspecified atom stereocenters. The Morgan fingerprint density at radius 1 is 0.225 bits per heavy atom. The molecular weight excluding hydrogens is 915 g/mol. The number of hydrogen-bond donors (Lipinski definition) is 0. The predicted molar refractivity (Wildman–Crippen MR) is 309 cm³/mol. The van der Waals surface area contributed by atoms with Crippen LogP contribution in [0.15, 0.2) is 267 Å². The average molecular weight is 969 g/mol. The Hall–Kier alpha value is -8.24. The van der Waals surface area contributed by atoms with Crippen LogP contribution in [-0.4, -0.2) is 13.3 Å². The normalized spacial score (nSPS) is 11.6. The van der Waals surface area contributed by atoms with Gasteiger partial charge in [-0.25, -0.2) is 0 Å². The molecule has 338 valence electrons. The van der Waals surface area contributed by atoms with Crippen LogP contribution >= 0.6 is 0 Å². The third-order valence-electron chi connectivity index (χ3n) is 14.3. The van der Waals surface area contributed by atoms with Crippen molar-refractivity contribution >= 4 is 67.0 Å². The van der Waals surface area contributed by atoms with Crippen LogP contribution in [0.5, 0.6) is 0 Å². The van der Waals surface area contributed by atoms with Crippen molar-refractivity contribution in [2.75, 3.05) is 4.90 Å². The summed E-state index contributed by atoms with van der Waals surface area (Å²) < 4.78 is 1.53. The van der Waals surface area contributed by atoms with Crippen LogP contribution in [0.25, 0.3) is 99.1 Å². The molecule has 0 saturated heterocycles. The summed E-state index contributed by atoms with van der Waals surface area (Å²) in [7, 11) is 0. The summed E-state index contributed by atoms with van der Waals surface area (Å²) in [4.78, 5) is 2.39. The first-order valence-corrected chi connectivity index (χ1v) is 32.1. The van der Waals surface area contributed by atoms with Gasteiger partial charge in [-0.2, -0.15) is 0 Å². The molecule has 0 saturated carbocycles. The van der Waals surface area contributed by atoms with Gasteiger partial charge in [0.1, 0.15) is 0 Å². The van der Waals surface area contributed by atoms with Crippen LogP contribution in [0.3, 0.4) is 0 Å². The van der Waals surface area contributed by atoms with Crippen LogP contribution in [0.1, 0.15) is 0 Å². The van der Waals surface area contributed by atoms with Gasteiger partial charge in [0.15, 0.2) is 0 Å². The van der Waals surface area contributed by atoms with Gasteiger partial charge in [-0.3, -0.25) is 0 Å². The van der Waals surface area contributed by atoms with Crippen molar-refractivity contribution in [3.63, 3.8) is 0 Å². The summed E-state index contributed by atoms with van der Waals surface area (Å²) in [5.41, 5.74) is 18.0. The third-order valence-corrected chi connectivity index (χ3v) is 18.6. The number of hydrogen-bond acceptors (Lipinski definition) is 1. The van der Waals surface area contributed by atoms with Gasteiger partial charge in [0, 0.05) is 11.4 Å². The fourth-order valence-electron chi connectivity index (χ4n) is 10.6. The van der Waals surface area contributed by atoms with Gasteiger partial charge < -0.3 is 0 Å². The van der Waals surface area contributed by atoms with Gasteiger partial charge in [-0.15, -0.1) is 0 Å². The molecule has 12 aromatic rings. The van der Waals surface area contributed by atoms with E-state index in [2.05, 4.69) is 289 Å². The van der Waals surface area contributed by atoms with E-state index in [1.165, 1.54) is 103 Å². The maximum atomic E-state index is 2.47. The Morgan fingerprint density at radius 2 is 0.479 bits per heavy atom. The molecular formula is C69H53GeN. The summed E-state index contributed by atoms with van der Waals surface area (Å²) in [6.45, 7) is 0. The zero-order chi connectivity index (χ0) is 47.9. The Labute approximate surface area is 420 Å². The Balaban J connectivity index is 0.936. The minimum absolute atomic E-state index is 1.09. The number of anilines is 3. The zero-order valence-corrected chi connectivity index (χ0v) is 42.4.